The molecule has 1 aliphatic rings. The lowest BCUT2D eigenvalue weighted by Crippen LogP contribution is -2.53. The molecule has 1 saturated heterocycles. The van der Waals surface area contributed by atoms with Gasteiger partial charge in [-0.3, -0.25) is 9.69 Å². The van der Waals surface area contributed by atoms with Gasteiger partial charge in [0.2, 0.25) is 5.91 Å². The first kappa shape index (κ1) is 15.8. The van der Waals surface area contributed by atoms with E-state index in [-0.39, 0.29) is 11.9 Å². The molecule has 1 unspecified atom stereocenters. The Bertz CT molecular complexity index is 495. The van der Waals surface area contributed by atoms with Crippen molar-refractivity contribution in [1.29, 1.82) is 0 Å². The van der Waals surface area contributed by atoms with Crippen molar-refractivity contribution < 1.29 is 4.79 Å². The third-order valence-electron chi connectivity index (χ3n) is 4.42. The molecule has 0 aliphatic carbocycles. The lowest BCUT2D eigenvalue weighted by atomic mass is 10.1. The molecule has 1 aromatic carbocycles. The maximum Gasteiger partial charge on any atom is 0.235 e. The predicted molar refractivity (Wildman–Crippen MR) is 86.6 cm³/mol. The first-order valence-electron chi connectivity index (χ1n) is 7.53. The van der Waals surface area contributed by atoms with Gasteiger partial charge in [0.05, 0.1) is 6.04 Å². The molecule has 1 heterocycles. The average Bonchev–Trinajstić information content (AvgIpc) is 2.48. The summed E-state index contributed by atoms with van der Waals surface area (Å²) in [6.07, 6.45) is 0. The molecule has 116 valence electrons. The Balaban J connectivity index is 1.94. The second kappa shape index (κ2) is 6.91. The summed E-state index contributed by atoms with van der Waals surface area (Å²) in [5, 5.41) is 2.98. The molecule has 1 atom stereocenters. The number of rotatable bonds is 5. The molecule has 5 heteroatoms. The minimum atomic E-state index is -0.283. The molecule has 1 aliphatic heterocycles. The Morgan fingerprint density at radius 1 is 1.29 bits per heavy atom. The van der Waals surface area contributed by atoms with Crippen molar-refractivity contribution in [3.63, 3.8) is 0 Å². The van der Waals surface area contributed by atoms with Gasteiger partial charge in [-0.05, 0) is 38.1 Å². The number of amides is 1. The number of benzene rings is 1. The molecule has 1 aromatic rings. The van der Waals surface area contributed by atoms with Crippen LogP contribution in [0, 0.1) is 13.8 Å². The van der Waals surface area contributed by atoms with Crippen LogP contribution in [-0.4, -0.2) is 56.6 Å². The topological polar surface area (TPSA) is 61.6 Å². The number of nitrogens with one attached hydrogen (secondary N) is 1. The number of nitrogens with zero attached hydrogens (tertiary/aromatic N) is 2. The summed E-state index contributed by atoms with van der Waals surface area (Å²) in [4.78, 5) is 16.0. The van der Waals surface area contributed by atoms with E-state index in [0.29, 0.717) is 6.54 Å². The van der Waals surface area contributed by atoms with Crippen molar-refractivity contribution in [3.05, 3.63) is 29.3 Å². The smallest absolute Gasteiger partial charge is 0.235 e. The minimum Gasteiger partial charge on any atom is -0.369 e. The number of hydrogen-bond acceptors (Lipinski definition) is 4. The minimum absolute atomic E-state index is 0.266. The fourth-order valence-electron chi connectivity index (χ4n) is 2.83. The third-order valence-corrected chi connectivity index (χ3v) is 4.42. The second-order valence-corrected chi connectivity index (χ2v) is 5.75. The summed E-state index contributed by atoms with van der Waals surface area (Å²) in [7, 11) is 1.78. The lowest BCUT2D eigenvalue weighted by Gasteiger charge is -2.38. The molecule has 3 N–H and O–H groups in total. The third kappa shape index (κ3) is 3.74. The highest BCUT2D eigenvalue weighted by molar-refractivity contribution is 5.80. The number of nitrogens with two attached hydrogens (primary N) is 1. The number of primary amides is 1. The molecule has 2 rings (SSSR count). The van der Waals surface area contributed by atoms with Gasteiger partial charge in [0, 0.05) is 38.4 Å². The van der Waals surface area contributed by atoms with E-state index in [0.717, 1.165) is 26.2 Å². The Labute approximate surface area is 127 Å². The number of piperazine rings is 1. The molecule has 5 nitrogen and oxygen atoms in total. The van der Waals surface area contributed by atoms with E-state index in [4.69, 9.17) is 5.73 Å². The largest absolute Gasteiger partial charge is 0.369 e. The SMILES string of the molecule is CNC(CN1CCN(c2cccc(C)c2C)CC1)C(N)=O. The van der Waals surface area contributed by atoms with Gasteiger partial charge in [0.25, 0.3) is 0 Å². The molecule has 0 saturated carbocycles. The molecule has 1 amide bonds. The molecule has 0 bridgehead atoms. The summed E-state index contributed by atoms with van der Waals surface area (Å²) in [5.41, 5.74) is 9.40. The maximum absolute atomic E-state index is 11.3. The van der Waals surface area contributed by atoms with Crippen molar-refractivity contribution in [3.8, 4) is 0 Å². The number of likely N-dealkylation sites (N-methyl/N-ethyl adjacent to an activating group) is 1. The van der Waals surface area contributed by atoms with Crippen LogP contribution >= 0.6 is 0 Å². The zero-order valence-corrected chi connectivity index (χ0v) is 13.2. The molecule has 1 fully saturated rings. The Morgan fingerprint density at radius 2 is 1.95 bits per heavy atom. The molecule has 0 spiro atoms. The van der Waals surface area contributed by atoms with Gasteiger partial charge in [-0.15, -0.1) is 0 Å². The fourth-order valence-corrected chi connectivity index (χ4v) is 2.83. The van der Waals surface area contributed by atoms with Gasteiger partial charge < -0.3 is 16.0 Å². The number of hydrogen-bond donors (Lipinski definition) is 2. The van der Waals surface area contributed by atoms with E-state index in [9.17, 15) is 4.79 Å². The summed E-state index contributed by atoms with van der Waals surface area (Å²) in [6.45, 7) is 8.91. The predicted octanol–water partition coefficient (Wildman–Crippen LogP) is 0.499. The summed E-state index contributed by atoms with van der Waals surface area (Å²) in [6, 6.07) is 6.20. The van der Waals surface area contributed by atoms with Crippen LogP contribution in [0.25, 0.3) is 0 Å². The van der Waals surface area contributed by atoms with Crippen molar-refractivity contribution in [2.75, 3.05) is 44.7 Å². The van der Waals surface area contributed by atoms with Gasteiger partial charge in [-0.25, -0.2) is 0 Å². The van der Waals surface area contributed by atoms with Crippen LogP contribution in [0.1, 0.15) is 11.1 Å². The highest BCUT2D eigenvalue weighted by Gasteiger charge is 2.22. The first-order valence-corrected chi connectivity index (χ1v) is 7.53. The Hall–Kier alpha value is -1.59. The van der Waals surface area contributed by atoms with Crippen LogP contribution in [0.3, 0.4) is 0 Å². The summed E-state index contributed by atoms with van der Waals surface area (Å²) < 4.78 is 0. The normalized spacial score (nSPS) is 17.8. The van der Waals surface area contributed by atoms with Gasteiger partial charge in [0.1, 0.15) is 0 Å². The van der Waals surface area contributed by atoms with Gasteiger partial charge in [0.15, 0.2) is 0 Å². The highest BCUT2D eigenvalue weighted by Crippen LogP contribution is 2.23. The zero-order chi connectivity index (χ0) is 15.4. The monoisotopic (exact) mass is 290 g/mol. The van der Waals surface area contributed by atoms with Crippen LogP contribution in [0.4, 0.5) is 5.69 Å². The number of carbonyl (C=O) groups is 1. The van der Waals surface area contributed by atoms with E-state index < -0.39 is 0 Å². The van der Waals surface area contributed by atoms with E-state index >= 15 is 0 Å². The number of anilines is 1. The molecular weight excluding hydrogens is 264 g/mol. The molecule has 0 radical (unpaired) electrons. The van der Waals surface area contributed by atoms with Crippen LogP contribution in [0.2, 0.25) is 0 Å². The van der Waals surface area contributed by atoms with Crippen LogP contribution in [-0.2, 0) is 4.79 Å². The van der Waals surface area contributed by atoms with Crippen molar-refractivity contribution >= 4 is 11.6 Å². The lowest BCUT2D eigenvalue weighted by molar-refractivity contribution is -0.120. The molecule has 0 aromatic heterocycles. The van der Waals surface area contributed by atoms with Gasteiger partial charge in [-0.1, -0.05) is 12.1 Å². The average molecular weight is 290 g/mol. The van der Waals surface area contributed by atoms with E-state index in [1.54, 1.807) is 7.05 Å². The van der Waals surface area contributed by atoms with Crippen molar-refractivity contribution in [2.24, 2.45) is 5.73 Å². The van der Waals surface area contributed by atoms with E-state index in [2.05, 4.69) is 47.2 Å². The van der Waals surface area contributed by atoms with Crippen molar-refractivity contribution in [2.45, 2.75) is 19.9 Å². The quantitative estimate of drug-likeness (QED) is 0.829. The first-order chi connectivity index (χ1) is 10.0. The number of carbonyl (C=O) groups excluding carboxylic acids is 1. The summed E-state index contributed by atoms with van der Waals surface area (Å²) in [5.74, 6) is -0.283. The Morgan fingerprint density at radius 3 is 2.52 bits per heavy atom. The summed E-state index contributed by atoms with van der Waals surface area (Å²) >= 11 is 0. The van der Waals surface area contributed by atoms with Crippen molar-refractivity contribution in [1.82, 2.24) is 10.2 Å². The van der Waals surface area contributed by atoms with Gasteiger partial charge in [-0.2, -0.15) is 0 Å². The van der Waals surface area contributed by atoms with E-state index in [1.807, 2.05) is 0 Å². The second-order valence-electron chi connectivity index (χ2n) is 5.75. The Kier molecular flexibility index (Phi) is 5.20. The highest BCUT2D eigenvalue weighted by atomic mass is 16.1. The standard InChI is InChI=1S/C16H26N4O/c1-12-5-4-6-15(13(12)2)20-9-7-19(8-10-20)11-14(18-3)16(17)21/h4-6,14,18H,7-11H2,1-3H3,(H2,17,21). The zero-order valence-electron chi connectivity index (χ0n) is 13.2. The maximum atomic E-state index is 11.3. The van der Waals surface area contributed by atoms with Gasteiger partial charge >= 0.3 is 0 Å². The number of aryl methyl sites for hydroxylation is 1. The molecular formula is C16H26N4O. The van der Waals surface area contributed by atoms with Crippen LogP contribution in [0.5, 0.6) is 0 Å². The van der Waals surface area contributed by atoms with E-state index in [1.165, 1.54) is 16.8 Å². The van der Waals surface area contributed by atoms with Crippen LogP contribution in [0.15, 0.2) is 18.2 Å². The molecule has 21 heavy (non-hydrogen) atoms. The van der Waals surface area contributed by atoms with Crippen LogP contribution < -0.4 is 16.0 Å². The fraction of sp³-hybridized carbons (Fsp3) is 0.562.